The molecule has 0 saturated carbocycles. The van der Waals surface area contributed by atoms with Crippen molar-refractivity contribution in [3.63, 3.8) is 0 Å². The zero-order valence-corrected chi connectivity index (χ0v) is 24.5. The SMILES string of the molecule is CCOC(=O)C(C)(C)Cc1c(S(=O)CC(C)(C)C)c2cc(C(C)C)ccc2n1Cc1ccc(Cl)cc1. The highest BCUT2D eigenvalue weighted by molar-refractivity contribution is 7.85. The van der Waals surface area contributed by atoms with Crippen molar-refractivity contribution in [3.8, 4) is 0 Å². The number of esters is 1. The second-order valence-corrected chi connectivity index (χ2v) is 13.6. The maximum Gasteiger partial charge on any atom is 0.311 e. The average Bonchev–Trinajstić information content (AvgIpc) is 3.06. The molecule has 4 nitrogen and oxygen atoms in total. The highest BCUT2D eigenvalue weighted by atomic mass is 35.5. The van der Waals surface area contributed by atoms with E-state index in [0.717, 1.165) is 27.1 Å². The van der Waals surface area contributed by atoms with Crippen LogP contribution in [0.25, 0.3) is 10.9 Å². The van der Waals surface area contributed by atoms with Crippen LogP contribution in [0.15, 0.2) is 47.4 Å². The van der Waals surface area contributed by atoms with Crippen molar-refractivity contribution < 1.29 is 13.7 Å². The van der Waals surface area contributed by atoms with Gasteiger partial charge in [0.15, 0.2) is 0 Å². The minimum Gasteiger partial charge on any atom is -0.466 e. The monoisotopic (exact) mass is 529 g/mol. The van der Waals surface area contributed by atoms with Crippen LogP contribution in [0.5, 0.6) is 0 Å². The van der Waals surface area contributed by atoms with Gasteiger partial charge in [-0.05, 0) is 67.5 Å². The molecule has 0 radical (unpaired) electrons. The summed E-state index contributed by atoms with van der Waals surface area (Å²) in [5.74, 6) is 0.632. The highest BCUT2D eigenvalue weighted by Gasteiger charge is 2.34. The van der Waals surface area contributed by atoms with Gasteiger partial charge in [-0.15, -0.1) is 0 Å². The van der Waals surface area contributed by atoms with Crippen molar-refractivity contribution in [2.45, 2.75) is 79.2 Å². The standard InChI is InChI=1S/C30H40ClNO3S/c1-9-35-28(33)30(7,8)17-26-27(36(34)19-29(4,5)6)24-16-22(20(2)3)12-15-25(24)32(26)18-21-10-13-23(31)14-11-21/h10-16,20H,9,17-19H2,1-8H3. The Morgan fingerprint density at radius 1 is 1.06 bits per heavy atom. The predicted molar refractivity (Wildman–Crippen MR) is 151 cm³/mol. The minimum absolute atomic E-state index is 0.112. The first-order valence-electron chi connectivity index (χ1n) is 12.7. The van der Waals surface area contributed by atoms with E-state index in [9.17, 15) is 9.00 Å². The number of ether oxygens (including phenoxy) is 1. The van der Waals surface area contributed by atoms with Crippen molar-refractivity contribution in [3.05, 3.63) is 64.3 Å². The minimum atomic E-state index is -1.25. The quantitative estimate of drug-likeness (QED) is 0.266. The van der Waals surface area contributed by atoms with Gasteiger partial charge in [0.05, 0.1) is 27.7 Å². The Morgan fingerprint density at radius 3 is 2.25 bits per heavy atom. The van der Waals surface area contributed by atoms with Crippen molar-refractivity contribution >= 4 is 39.3 Å². The van der Waals surface area contributed by atoms with Gasteiger partial charge in [0, 0.05) is 40.3 Å². The van der Waals surface area contributed by atoms with Crippen molar-refractivity contribution in [1.82, 2.24) is 4.57 Å². The van der Waals surface area contributed by atoms with Crippen LogP contribution in [0.2, 0.25) is 5.02 Å². The van der Waals surface area contributed by atoms with Crippen LogP contribution in [0.4, 0.5) is 0 Å². The number of carbonyl (C=O) groups is 1. The molecule has 0 bridgehead atoms. The molecule has 1 heterocycles. The Morgan fingerprint density at radius 2 is 1.69 bits per heavy atom. The van der Waals surface area contributed by atoms with Crippen LogP contribution in [0, 0.1) is 10.8 Å². The number of fused-ring (bicyclic) bond motifs is 1. The summed E-state index contributed by atoms with van der Waals surface area (Å²) in [7, 11) is -1.25. The molecule has 196 valence electrons. The number of hydrogen-bond acceptors (Lipinski definition) is 3. The van der Waals surface area contributed by atoms with Crippen LogP contribution in [-0.2, 0) is 33.3 Å². The highest BCUT2D eigenvalue weighted by Crippen LogP contribution is 2.38. The molecular formula is C30H40ClNO3S. The summed E-state index contributed by atoms with van der Waals surface area (Å²) >= 11 is 6.15. The fourth-order valence-electron chi connectivity index (χ4n) is 4.42. The lowest BCUT2D eigenvalue weighted by Crippen LogP contribution is -2.30. The number of halogens is 1. The molecule has 0 aliphatic carbocycles. The molecular weight excluding hydrogens is 490 g/mol. The van der Waals surface area contributed by atoms with Gasteiger partial charge in [-0.25, -0.2) is 0 Å². The maximum atomic E-state index is 14.0. The van der Waals surface area contributed by atoms with Gasteiger partial charge in [0.2, 0.25) is 0 Å². The molecule has 0 saturated heterocycles. The molecule has 0 fully saturated rings. The third-order valence-corrected chi connectivity index (χ3v) is 8.58. The molecule has 0 spiro atoms. The Kier molecular flexibility index (Phi) is 8.78. The molecule has 0 amide bonds. The number of carbonyl (C=O) groups excluding carboxylic acids is 1. The van der Waals surface area contributed by atoms with E-state index in [1.54, 1.807) is 0 Å². The second-order valence-electron chi connectivity index (χ2n) is 11.8. The van der Waals surface area contributed by atoms with E-state index < -0.39 is 16.2 Å². The fraction of sp³-hybridized carbons (Fsp3) is 0.500. The van der Waals surface area contributed by atoms with Crippen LogP contribution in [-0.4, -0.2) is 27.1 Å². The summed E-state index contributed by atoms with van der Waals surface area (Å²) in [6.45, 7) is 17.2. The summed E-state index contributed by atoms with van der Waals surface area (Å²) in [6, 6.07) is 14.3. The Hall–Kier alpha value is -2.11. The van der Waals surface area contributed by atoms with E-state index >= 15 is 0 Å². The summed E-state index contributed by atoms with van der Waals surface area (Å²) in [4.78, 5) is 13.8. The summed E-state index contributed by atoms with van der Waals surface area (Å²) in [5, 5.41) is 1.70. The van der Waals surface area contributed by atoms with Gasteiger partial charge >= 0.3 is 5.97 Å². The summed E-state index contributed by atoms with van der Waals surface area (Å²) in [5.41, 5.74) is 3.37. The number of hydrogen-bond donors (Lipinski definition) is 0. The van der Waals surface area contributed by atoms with Gasteiger partial charge in [-0.3, -0.25) is 9.00 Å². The molecule has 6 heteroatoms. The Balaban J connectivity index is 2.31. The molecule has 36 heavy (non-hydrogen) atoms. The third kappa shape index (κ3) is 6.60. The molecule has 0 aliphatic rings. The topological polar surface area (TPSA) is 48.3 Å². The van der Waals surface area contributed by atoms with Crippen LogP contribution in [0.1, 0.15) is 78.1 Å². The van der Waals surface area contributed by atoms with Crippen LogP contribution >= 0.6 is 11.6 Å². The van der Waals surface area contributed by atoms with E-state index in [4.69, 9.17) is 16.3 Å². The normalized spacial score (nSPS) is 13.4. The third-order valence-electron chi connectivity index (χ3n) is 6.29. The van der Waals surface area contributed by atoms with Gasteiger partial charge in [-0.2, -0.15) is 0 Å². The maximum absolute atomic E-state index is 14.0. The number of rotatable bonds is 9. The number of aromatic nitrogens is 1. The molecule has 3 aromatic rings. The van der Waals surface area contributed by atoms with Crippen molar-refractivity contribution in [2.75, 3.05) is 12.4 Å². The lowest BCUT2D eigenvalue weighted by Gasteiger charge is -2.25. The van der Waals surface area contributed by atoms with Crippen molar-refractivity contribution in [1.29, 1.82) is 0 Å². The molecule has 1 atom stereocenters. The zero-order chi connectivity index (χ0) is 26.8. The van der Waals surface area contributed by atoms with Crippen molar-refractivity contribution in [2.24, 2.45) is 10.8 Å². The largest absolute Gasteiger partial charge is 0.466 e. The van der Waals surface area contributed by atoms with E-state index in [-0.39, 0.29) is 11.4 Å². The van der Waals surface area contributed by atoms with E-state index in [0.29, 0.717) is 36.3 Å². The zero-order valence-electron chi connectivity index (χ0n) is 22.9. The number of benzene rings is 2. The first kappa shape index (κ1) is 28.5. The van der Waals surface area contributed by atoms with Crippen LogP contribution in [0.3, 0.4) is 0 Å². The smallest absolute Gasteiger partial charge is 0.311 e. The van der Waals surface area contributed by atoms with Gasteiger partial charge in [0.1, 0.15) is 0 Å². The number of nitrogens with zero attached hydrogens (tertiary/aromatic N) is 1. The van der Waals surface area contributed by atoms with Gasteiger partial charge in [0.25, 0.3) is 0 Å². The Labute approximate surface area is 223 Å². The van der Waals surface area contributed by atoms with E-state index in [1.165, 1.54) is 5.56 Å². The fourth-order valence-corrected chi connectivity index (χ4v) is 6.33. The second kappa shape index (κ2) is 11.1. The predicted octanol–water partition coefficient (Wildman–Crippen LogP) is 7.75. The average molecular weight is 530 g/mol. The molecule has 2 aromatic carbocycles. The van der Waals surface area contributed by atoms with Gasteiger partial charge in [-0.1, -0.05) is 64.4 Å². The first-order valence-corrected chi connectivity index (χ1v) is 14.4. The molecule has 0 aliphatic heterocycles. The lowest BCUT2D eigenvalue weighted by molar-refractivity contribution is -0.153. The van der Waals surface area contributed by atoms with E-state index in [1.807, 2.05) is 45.0 Å². The molecule has 1 aromatic heterocycles. The molecule has 0 N–H and O–H groups in total. The first-order chi connectivity index (χ1) is 16.7. The molecule has 1 unspecified atom stereocenters. The van der Waals surface area contributed by atoms with Crippen LogP contribution < -0.4 is 0 Å². The summed E-state index contributed by atoms with van der Waals surface area (Å²) < 4.78 is 21.7. The van der Waals surface area contributed by atoms with E-state index in [2.05, 4.69) is 57.4 Å². The molecule has 3 rings (SSSR count). The Bertz CT molecular complexity index is 1250. The van der Waals surface area contributed by atoms with Gasteiger partial charge < -0.3 is 9.30 Å². The lowest BCUT2D eigenvalue weighted by atomic mass is 9.87. The summed E-state index contributed by atoms with van der Waals surface area (Å²) in [6.07, 6.45) is 0.427.